The lowest BCUT2D eigenvalue weighted by molar-refractivity contribution is -0.116. The normalized spacial score (nSPS) is 16.6. The van der Waals surface area contributed by atoms with Crippen molar-refractivity contribution in [2.24, 2.45) is 15.0 Å². The summed E-state index contributed by atoms with van der Waals surface area (Å²) in [7, 11) is 0. The van der Waals surface area contributed by atoms with Gasteiger partial charge in [0.25, 0.3) is 5.91 Å². The number of amidine groups is 1. The minimum absolute atomic E-state index is 0.0915. The van der Waals surface area contributed by atoms with Crippen molar-refractivity contribution in [3.63, 3.8) is 0 Å². The molecule has 0 aliphatic carbocycles. The van der Waals surface area contributed by atoms with E-state index in [1.54, 1.807) is 0 Å². The van der Waals surface area contributed by atoms with Crippen LogP contribution in [-0.2, 0) is 11.2 Å². The summed E-state index contributed by atoms with van der Waals surface area (Å²) in [5.74, 6) is -0.0915. The van der Waals surface area contributed by atoms with Gasteiger partial charge in [-0.15, -0.1) is 0 Å². The molecule has 5 heteroatoms. The number of rotatable bonds is 0. The van der Waals surface area contributed by atoms with Crippen LogP contribution >= 0.6 is 11.8 Å². The largest absolute Gasteiger partial charge is 0.272 e. The number of aliphatic imine (C=N–C) groups is 1. The molecule has 3 rings (SSSR count). The minimum Gasteiger partial charge on any atom is -0.272 e. The molecule has 0 saturated heterocycles. The smallest absolute Gasteiger partial charge is 0.250 e. The average Bonchev–Trinajstić information content (AvgIpc) is 2.78. The fourth-order valence-corrected chi connectivity index (χ4v) is 2.12. The van der Waals surface area contributed by atoms with Gasteiger partial charge in [0.15, 0.2) is 5.17 Å². The van der Waals surface area contributed by atoms with Crippen LogP contribution in [0.3, 0.4) is 0 Å². The molecule has 74 valence electrons. The molecule has 15 heavy (non-hydrogen) atoms. The molecule has 4 nitrogen and oxygen atoms in total. The van der Waals surface area contributed by atoms with Gasteiger partial charge in [-0.25, -0.2) is 15.0 Å². The number of nitrogens with zero attached hydrogens (tertiary/aromatic N) is 3. The Morgan fingerprint density at radius 2 is 2.00 bits per heavy atom. The van der Waals surface area contributed by atoms with E-state index in [1.807, 2.05) is 18.4 Å². The van der Waals surface area contributed by atoms with Gasteiger partial charge in [0.2, 0.25) is 0 Å². The molecule has 2 heterocycles. The highest BCUT2D eigenvalue weighted by atomic mass is 32.2. The molecule has 0 radical (unpaired) electrons. The van der Waals surface area contributed by atoms with Crippen LogP contribution in [0, 0.1) is 0 Å². The number of amides is 1. The van der Waals surface area contributed by atoms with Gasteiger partial charge in [0.05, 0.1) is 22.8 Å². The van der Waals surface area contributed by atoms with Gasteiger partial charge in [-0.05, 0) is 18.4 Å². The number of fused-ring (bicyclic) bond motifs is 3. The summed E-state index contributed by atoms with van der Waals surface area (Å²) < 4.78 is 0. The van der Waals surface area contributed by atoms with Crippen LogP contribution in [0.2, 0.25) is 0 Å². The summed E-state index contributed by atoms with van der Waals surface area (Å²) in [6.07, 6.45) is 2.29. The van der Waals surface area contributed by atoms with E-state index in [1.165, 1.54) is 11.8 Å². The van der Waals surface area contributed by atoms with Gasteiger partial charge in [-0.2, -0.15) is 0 Å². The van der Waals surface area contributed by atoms with Crippen molar-refractivity contribution in [1.82, 2.24) is 0 Å². The summed E-state index contributed by atoms with van der Waals surface area (Å²) in [5.41, 5.74) is 1.75. The monoisotopic (exact) mass is 217 g/mol. The summed E-state index contributed by atoms with van der Waals surface area (Å²) in [6, 6.07) is 3.70. The van der Waals surface area contributed by atoms with Crippen LogP contribution in [0.15, 0.2) is 27.1 Å². The molecule has 2 aliphatic rings. The molecule has 0 bridgehead atoms. The Kier molecular flexibility index (Phi) is 1.76. The lowest BCUT2D eigenvalue weighted by atomic mass is 10.1. The zero-order valence-electron chi connectivity index (χ0n) is 8.02. The van der Waals surface area contributed by atoms with Gasteiger partial charge in [-0.3, -0.25) is 4.79 Å². The Hall–Kier alpha value is -1.49. The van der Waals surface area contributed by atoms with Crippen molar-refractivity contribution < 1.29 is 4.79 Å². The third kappa shape index (κ3) is 1.23. The quantitative estimate of drug-likeness (QED) is 0.630. The molecule has 1 amide bonds. The molecule has 0 N–H and O–H groups in total. The number of hydrogen-bond donors (Lipinski definition) is 0. The molecule has 2 aliphatic heterocycles. The van der Waals surface area contributed by atoms with Crippen molar-refractivity contribution in [2.45, 2.75) is 6.42 Å². The standard InChI is InChI=1S/C10H7N3OS/c1-15-10-12-7-3-2-6-5(9(7)13-10)4-8(14)11-6/h2-3H,4H2,1H3. The molecule has 0 aromatic heterocycles. The van der Waals surface area contributed by atoms with Crippen molar-refractivity contribution in [2.75, 3.05) is 6.26 Å². The molecule has 0 spiro atoms. The number of carbonyl (C=O) groups is 1. The van der Waals surface area contributed by atoms with Gasteiger partial charge in [0.1, 0.15) is 0 Å². The predicted octanol–water partition coefficient (Wildman–Crippen LogP) is 0.373. The first-order valence-corrected chi connectivity index (χ1v) is 5.75. The molecule has 0 fully saturated rings. The highest BCUT2D eigenvalue weighted by Crippen LogP contribution is 2.20. The maximum atomic E-state index is 11.2. The zero-order valence-corrected chi connectivity index (χ0v) is 8.84. The fraction of sp³-hybridized carbons (Fsp3) is 0.200. The van der Waals surface area contributed by atoms with Crippen molar-refractivity contribution >= 4 is 28.5 Å². The van der Waals surface area contributed by atoms with Crippen LogP contribution in [0.1, 0.15) is 5.56 Å². The minimum atomic E-state index is -0.0915. The molecular formula is C10H7N3OS. The van der Waals surface area contributed by atoms with Crippen LogP contribution in [0.5, 0.6) is 0 Å². The Labute approximate surface area is 89.9 Å². The topological polar surface area (TPSA) is 54.1 Å². The van der Waals surface area contributed by atoms with Gasteiger partial charge < -0.3 is 0 Å². The van der Waals surface area contributed by atoms with E-state index in [-0.39, 0.29) is 5.91 Å². The summed E-state index contributed by atoms with van der Waals surface area (Å²) in [5, 5.41) is 2.35. The van der Waals surface area contributed by atoms with Crippen molar-refractivity contribution in [3.05, 3.63) is 28.4 Å². The number of hydrogen-bond acceptors (Lipinski definition) is 4. The predicted molar refractivity (Wildman–Crippen MR) is 58.1 cm³/mol. The Morgan fingerprint density at radius 1 is 1.20 bits per heavy atom. The first-order chi connectivity index (χ1) is 7.28. The summed E-state index contributed by atoms with van der Waals surface area (Å²) in [4.78, 5) is 23.8. The van der Waals surface area contributed by atoms with Gasteiger partial charge in [-0.1, -0.05) is 11.8 Å². The second kappa shape index (κ2) is 3.00. The molecule has 0 atom stereocenters. The lowest BCUT2D eigenvalue weighted by Crippen LogP contribution is -2.11. The zero-order chi connectivity index (χ0) is 10.4. The van der Waals surface area contributed by atoms with Gasteiger partial charge in [0, 0.05) is 5.56 Å². The molecule has 1 aromatic carbocycles. The van der Waals surface area contributed by atoms with E-state index < -0.39 is 0 Å². The average molecular weight is 217 g/mol. The van der Waals surface area contributed by atoms with Crippen LogP contribution in [-0.4, -0.2) is 17.3 Å². The Bertz CT molecular complexity index is 618. The van der Waals surface area contributed by atoms with E-state index in [0.29, 0.717) is 6.42 Å². The summed E-state index contributed by atoms with van der Waals surface area (Å²) >= 11 is 1.50. The number of thioether (sulfide) groups is 1. The second-order valence-corrected chi connectivity index (χ2v) is 4.10. The molecule has 1 aromatic rings. The van der Waals surface area contributed by atoms with Crippen LogP contribution in [0.4, 0.5) is 5.69 Å². The summed E-state index contributed by atoms with van der Waals surface area (Å²) in [6.45, 7) is 0. The van der Waals surface area contributed by atoms with E-state index in [2.05, 4.69) is 15.0 Å². The highest BCUT2D eigenvalue weighted by Gasteiger charge is 2.20. The molecule has 0 saturated carbocycles. The lowest BCUT2D eigenvalue weighted by Gasteiger charge is -1.94. The van der Waals surface area contributed by atoms with Crippen LogP contribution in [0.25, 0.3) is 0 Å². The van der Waals surface area contributed by atoms with Crippen molar-refractivity contribution in [3.8, 4) is 0 Å². The van der Waals surface area contributed by atoms with E-state index >= 15 is 0 Å². The third-order valence-corrected chi connectivity index (χ3v) is 2.96. The Morgan fingerprint density at radius 3 is 2.80 bits per heavy atom. The SMILES string of the molecule is CSC1=Nc2c3c(ccc2=N1)=NC(=O)C3. The number of carbonyl (C=O) groups excluding carboxylic acids is 1. The molecule has 0 unspecified atom stereocenters. The van der Waals surface area contributed by atoms with E-state index in [4.69, 9.17) is 0 Å². The second-order valence-electron chi connectivity index (χ2n) is 3.32. The highest BCUT2D eigenvalue weighted by molar-refractivity contribution is 8.13. The first kappa shape index (κ1) is 8.79. The first-order valence-electron chi connectivity index (χ1n) is 4.53. The van der Waals surface area contributed by atoms with E-state index in [9.17, 15) is 4.79 Å². The molecular weight excluding hydrogens is 210 g/mol. The maximum Gasteiger partial charge on any atom is 0.250 e. The third-order valence-electron chi connectivity index (χ3n) is 2.42. The maximum absolute atomic E-state index is 11.2. The van der Waals surface area contributed by atoms with Gasteiger partial charge >= 0.3 is 0 Å². The Balaban J connectivity index is 2.30. The number of benzene rings is 1. The van der Waals surface area contributed by atoms with Crippen LogP contribution < -0.4 is 10.7 Å². The fourth-order valence-electron chi connectivity index (χ4n) is 1.75. The van der Waals surface area contributed by atoms with E-state index in [0.717, 1.165) is 27.1 Å². The van der Waals surface area contributed by atoms with Crippen molar-refractivity contribution in [1.29, 1.82) is 0 Å².